The molecule has 0 amide bonds. The molecule has 0 aliphatic carbocycles. The maximum absolute atomic E-state index is 11.9. The highest BCUT2D eigenvalue weighted by atomic mass is 35.5. The standard InChI is InChI=1S/C12H9ClN2O3S/c1-14-11(7-15(17)18)19-10(12(14)16)6-8-3-2-4-9(13)5-8/h2-7H,1H3/b10-6+,11-7+. The maximum atomic E-state index is 11.9. The third kappa shape index (κ3) is 3.10. The van der Waals surface area contributed by atoms with E-state index in [9.17, 15) is 14.9 Å². The predicted octanol–water partition coefficient (Wildman–Crippen LogP) is 0.944. The van der Waals surface area contributed by atoms with Gasteiger partial charge >= 0.3 is 0 Å². The normalized spacial score (nSPS) is 12.9. The van der Waals surface area contributed by atoms with E-state index in [1.54, 1.807) is 24.3 Å². The summed E-state index contributed by atoms with van der Waals surface area (Å²) in [5.74, 6) is 0. The summed E-state index contributed by atoms with van der Waals surface area (Å²) in [6, 6.07) is 7.03. The molecule has 0 radical (unpaired) electrons. The Bertz CT molecular complexity index is 807. The minimum Gasteiger partial charge on any atom is -0.297 e. The van der Waals surface area contributed by atoms with Crippen molar-refractivity contribution in [3.63, 3.8) is 0 Å². The van der Waals surface area contributed by atoms with E-state index in [0.29, 0.717) is 14.2 Å². The number of hydrogen-bond acceptors (Lipinski definition) is 4. The number of halogens is 1. The molecule has 1 aromatic heterocycles. The lowest BCUT2D eigenvalue weighted by molar-refractivity contribution is -0.363. The number of nitrogens with zero attached hydrogens (tertiary/aromatic N) is 2. The van der Waals surface area contributed by atoms with Crippen LogP contribution in [0.2, 0.25) is 5.02 Å². The van der Waals surface area contributed by atoms with Gasteiger partial charge in [-0.3, -0.25) is 19.5 Å². The highest BCUT2D eigenvalue weighted by molar-refractivity contribution is 7.07. The molecule has 2 aromatic rings. The molecule has 0 unspecified atom stereocenters. The van der Waals surface area contributed by atoms with Gasteiger partial charge in [-0.05, 0) is 23.8 Å². The fraction of sp³-hybridized carbons (Fsp3) is 0.0833. The van der Waals surface area contributed by atoms with Gasteiger partial charge in [0.2, 0.25) is 0 Å². The fourth-order valence-electron chi connectivity index (χ4n) is 1.53. The molecule has 0 N–H and O–H groups in total. The first-order valence-corrected chi connectivity index (χ1v) is 6.45. The highest BCUT2D eigenvalue weighted by Crippen LogP contribution is 2.10. The molecule has 98 valence electrons. The van der Waals surface area contributed by atoms with Crippen LogP contribution in [0.5, 0.6) is 0 Å². The molecule has 0 spiro atoms. The Morgan fingerprint density at radius 3 is 2.84 bits per heavy atom. The zero-order valence-electron chi connectivity index (χ0n) is 9.87. The number of aromatic nitrogens is 1. The molecule has 2 rings (SSSR count). The second-order valence-electron chi connectivity index (χ2n) is 3.78. The van der Waals surface area contributed by atoms with Crippen LogP contribution in [0, 0.1) is 10.1 Å². The van der Waals surface area contributed by atoms with Gasteiger partial charge in [-0.15, -0.1) is 11.3 Å². The number of thiazole rings is 1. The molecule has 0 fully saturated rings. The van der Waals surface area contributed by atoms with Crippen molar-refractivity contribution in [1.82, 2.24) is 4.57 Å². The minimum atomic E-state index is -0.575. The summed E-state index contributed by atoms with van der Waals surface area (Å²) in [7, 11) is 1.50. The van der Waals surface area contributed by atoms with Crippen LogP contribution in [0.4, 0.5) is 0 Å². The summed E-state index contributed by atoms with van der Waals surface area (Å²) < 4.78 is 1.98. The fourth-order valence-corrected chi connectivity index (χ4v) is 2.73. The number of rotatable bonds is 2. The molecule has 0 saturated heterocycles. The maximum Gasteiger partial charge on any atom is 0.268 e. The van der Waals surface area contributed by atoms with E-state index in [1.165, 1.54) is 11.6 Å². The molecule has 1 heterocycles. The first-order valence-electron chi connectivity index (χ1n) is 5.26. The first kappa shape index (κ1) is 13.5. The molecule has 0 atom stereocenters. The predicted molar refractivity (Wildman–Crippen MR) is 75.3 cm³/mol. The van der Waals surface area contributed by atoms with Crippen LogP contribution in [0.25, 0.3) is 12.3 Å². The van der Waals surface area contributed by atoms with Crippen molar-refractivity contribution in [2.75, 3.05) is 0 Å². The van der Waals surface area contributed by atoms with Crippen LogP contribution in [-0.2, 0) is 7.05 Å². The number of nitro groups is 1. The molecule has 0 aliphatic rings. The zero-order chi connectivity index (χ0) is 14.0. The smallest absolute Gasteiger partial charge is 0.268 e. The lowest BCUT2D eigenvalue weighted by atomic mass is 10.2. The van der Waals surface area contributed by atoms with Crippen LogP contribution >= 0.6 is 22.9 Å². The third-order valence-electron chi connectivity index (χ3n) is 2.42. The van der Waals surface area contributed by atoms with Crippen molar-refractivity contribution in [2.24, 2.45) is 7.05 Å². The molecule has 0 aliphatic heterocycles. The molecule has 0 saturated carbocycles. The average molecular weight is 297 g/mol. The SMILES string of the molecule is Cn1c(=O)/c(=C\c2cccc(Cl)c2)s/c1=C/[N+](=O)[O-]. The summed E-state index contributed by atoms with van der Waals surface area (Å²) in [6.07, 6.45) is 2.48. The van der Waals surface area contributed by atoms with Gasteiger partial charge in [-0.1, -0.05) is 23.7 Å². The lowest BCUT2D eigenvalue weighted by Crippen LogP contribution is -2.29. The van der Waals surface area contributed by atoms with E-state index in [0.717, 1.165) is 23.1 Å². The van der Waals surface area contributed by atoms with E-state index in [-0.39, 0.29) is 5.56 Å². The van der Waals surface area contributed by atoms with Crippen molar-refractivity contribution in [3.05, 3.63) is 64.5 Å². The monoisotopic (exact) mass is 296 g/mol. The van der Waals surface area contributed by atoms with Gasteiger partial charge < -0.3 is 0 Å². The number of benzene rings is 1. The Kier molecular flexibility index (Phi) is 3.82. The van der Waals surface area contributed by atoms with Crippen molar-refractivity contribution in [1.29, 1.82) is 0 Å². The molecule has 19 heavy (non-hydrogen) atoms. The summed E-state index contributed by atoms with van der Waals surface area (Å²) >= 11 is 6.93. The molecule has 1 aromatic carbocycles. The largest absolute Gasteiger partial charge is 0.297 e. The van der Waals surface area contributed by atoms with Gasteiger partial charge in [0.25, 0.3) is 11.8 Å². The average Bonchev–Trinajstić information content (AvgIpc) is 2.57. The Morgan fingerprint density at radius 2 is 2.21 bits per heavy atom. The van der Waals surface area contributed by atoms with E-state index < -0.39 is 4.92 Å². The van der Waals surface area contributed by atoms with E-state index >= 15 is 0 Å². The summed E-state index contributed by atoms with van der Waals surface area (Å²) in [4.78, 5) is 21.8. The van der Waals surface area contributed by atoms with Crippen LogP contribution in [0.3, 0.4) is 0 Å². The Labute approximate surface area is 116 Å². The number of hydrogen-bond donors (Lipinski definition) is 0. The van der Waals surface area contributed by atoms with Gasteiger partial charge in [0.15, 0.2) is 4.66 Å². The van der Waals surface area contributed by atoms with Crippen LogP contribution in [0.1, 0.15) is 5.56 Å². The second-order valence-corrected chi connectivity index (χ2v) is 5.28. The quantitative estimate of drug-likeness (QED) is 0.612. The topological polar surface area (TPSA) is 65.1 Å². The van der Waals surface area contributed by atoms with E-state index in [4.69, 9.17) is 11.6 Å². The van der Waals surface area contributed by atoms with E-state index in [1.807, 2.05) is 6.07 Å². The molecule has 5 nitrogen and oxygen atoms in total. The summed E-state index contributed by atoms with van der Waals surface area (Å²) in [5, 5.41) is 11.0. The van der Waals surface area contributed by atoms with Crippen molar-refractivity contribution < 1.29 is 4.92 Å². The molecule has 7 heteroatoms. The highest BCUT2D eigenvalue weighted by Gasteiger charge is 2.03. The van der Waals surface area contributed by atoms with Crippen molar-refractivity contribution >= 4 is 35.2 Å². The Morgan fingerprint density at radius 1 is 1.47 bits per heavy atom. The molecular formula is C12H9ClN2O3S. The summed E-state index contributed by atoms with van der Waals surface area (Å²) in [6.45, 7) is 0. The van der Waals surface area contributed by atoms with Gasteiger partial charge in [-0.25, -0.2) is 0 Å². The summed E-state index contributed by atoms with van der Waals surface area (Å²) in [5.41, 5.74) is 0.511. The van der Waals surface area contributed by atoms with Gasteiger partial charge in [-0.2, -0.15) is 0 Å². The molecule has 0 bridgehead atoms. The Balaban J connectivity index is 2.65. The third-order valence-corrected chi connectivity index (χ3v) is 3.76. The van der Waals surface area contributed by atoms with Crippen LogP contribution in [-0.4, -0.2) is 9.49 Å². The van der Waals surface area contributed by atoms with Gasteiger partial charge in [0, 0.05) is 12.1 Å². The second kappa shape index (κ2) is 5.38. The minimum absolute atomic E-state index is 0.266. The van der Waals surface area contributed by atoms with Crippen molar-refractivity contribution in [3.8, 4) is 0 Å². The van der Waals surface area contributed by atoms with Gasteiger partial charge in [0.1, 0.15) is 0 Å². The van der Waals surface area contributed by atoms with Crippen LogP contribution in [0.15, 0.2) is 29.1 Å². The van der Waals surface area contributed by atoms with Gasteiger partial charge in [0.05, 0.1) is 9.46 Å². The molecular weight excluding hydrogens is 288 g/mol. The zero-order valence-corrected chi connectivity index (χ0v) is 11.4. The van der Waals surface area contributed by atoms with E-state index in [2.05, 4.69) is 0 Å². The first-order chi connectivity index (χ1) is 8.97. The van der Waals surface area contributed by atoms with Crippen molar-refractivity contribution in [2.45, 2.75) is 0 Å². The Hall–Kier alpha value is -1.92. The van der Waals surface area contributed by atoms with Crippen LogP contribution < -0.4 is 14.8 Å². The lowest BCUT2D eigenvalue weighted by Gasteiger charge is -1.91.